The van der Waals surface area contributed by atoms with Crippen LogP contribution < -0.4 is 10.1 Å². The number of para-hydroxylation sites is 2. The molecule has 26 heavy (non-hydrogen) atoms. The van der Waals surface area contributed by atoms with Crippen molar-refractivity contribution in [1.82, 2.24) is 4.90 Å². The summed E-state index contributed by atoms with van der Waals surface area (Å²) in [5, 5.41) is 2.99. The number of hydrogen-bond donors (Lipinski definition) is 1. The number of nitrogens with one attached hydrogen (secondary N) is 1. The molecule has 1 amide bonds. The monoisotopic (exact) mass is 362 g/mol. The van der Waals surface area contributed by atoms with Gasteiger partial charge in [-0.1, -0.05) is 36.4 Å². The molecule has 0 aromatic heterocycles. The molecule has 2 aromatic carbocycles. The van der Waals surface area contributed by atoms with E-state index in [2.05, 4.69) is 5.32 Å². The molecule has 1 atom stereocenters. The van der Waals surface area contributed by atoms with Crippen molar-refractivity contribution in [3.05, 3.63) is 65.7 Å². The van der Waals surface area contributed by atoms with Gasteiger partial charge in [0.1, 0.15) is 18.5 Å². The normalized spacial score (nSPS) is 17.2. The van der Waals surface area contributed by atoms with Crippen LogP contribution in [-0.4, -0.2) is 36.8 Å². The van der Waals surface area contributed by atoms with Crippen LogP contribution in [0.4, 0.5) is 18.9 Å². The number of nitrogens with zero attached hydrogens (tertiary/aromatic N) is 1. The molecule has 0 fully saturated rings. The average molecular weight is 362 g/mol. The number of alkyl halides is 3. The Morgan fingerprint density at radius 2 is 1.85 bits per heavy atom. The van der Waals surface area contributed by atoms with Crippen LogP contribution in [0.15, 0.2) is 54.6 Å². The van der Waals surface area contributed by atoms with Crippen molar-refractivity contribution >= 4 is 17.7 Å². The van der Waals surface area contributed by atoms with E-state index in [0.29, 0.717) is 17.0 Å². The number of benzene rings is 2. The number of halogens is 3. The molecule has 0 spiro atoms. The fraction of sp³-hybridized carbons (Fsp3) is 0.211. The fourth-order valence-corrected chi connectivity index (χ4v) is 2.83. The lowest BCUT2D eigenvalue weighted by Crippen LogP contribution is -2.51. The van der Waals surface area contributed by atoms with Crippen LogP contribution in [0.3, 0.4) is 0 Å². The smallest absolute Gasteiger partial charge is 0.406 e. The maximum absolute atomic E-state index is 13.0. The zero-order valence-corrected chi connectivity index (χ0v) is 14.0. The molecule has 0 radical (unpaired) electrons. The highest BCUT2D eigenvalue weighted by Crippen LogP contribution is 2.29. The van der Waals surface area contributed by atoms with Gasteiger partial charge < -0.3 is 15.0 Å². The summed E-state index contributed by atoms with van der Waals surface area (Å²) >= 11 is 0. The molecule has 0 unspecified atom stereocenters. The largest absolute Gasteiger partial charge is 0.496 e. The van der Waals surface area contributed by atoms with Gasteiger partial charge in [-0.2, -0.15) is 13.2 Å². The number of carbonyl (C=O) groups excluding carboxylic acids is 1. The number of rotatable bonds is 4. The maximum atomic E-state index is 13.0. The van der Waals surface area contributed by atoms with Crippen LogP contribution in [0.2, 0.25) is 0 Å². The lowest BCUT2D eigenvalue weighted by Gasteiger charge is -2.36. The molecule has 136 valence electrons. The van der Waals surface area contributed by atoms with E-state index in [1.54, 1.807) is 48.5 Å². The van der Waals surface area contributed by atoms with Crippen molar-refractivity contribution in [3.8, 4) is 5.75 Å². The molecule has 4 nitrogen and oxygen atoms in total. The fourth-order valence-electron chi connectivity index (χ4n) is 2.83. The summed E-state index contributed by atoms with van der Waals surface area (Å²) in [7, 11) is 1.52. The first-order valence-corrected chi connectivity index (χ1v) is 7.93. The van der Waals surface area contributed by atoms with Gasteiger partial charge in [0.15, 0.2) is 0 Å². The summed E-state index contributed by atoms with van der Waals surface area (Å²) in [6.07, 6.45) is -2.26. The Morgan fingerprint density at radius 3 is 2.58 bits per heavy atom. The summed E-state index contributed by atoms with van der Waals surface area (Å²) < 4.78 is 44.2. The molecule has 7 heteroatoms. The van der Waals surface area contributed by atoms with Gasteiger partial charge >= 0.3 is 6.18 Å². The van der Waals surface area contributed by atoms with Crippen LogP contribution in [0.5, 0.6) is 5.75 Å². The molecule has 1 aliphatic rings. The Morgan fingerprint density at radius 1 is 1.15 bits per heavy atom. The Hall–Kier alpha value is -2.96. The minimum absolute atomic E-state index is 0.221. The quantitative estimate of drug-likeness (QED) is 0.888. The van der Waals surface area contributed by atoms with Gasteiger partial charge in [0.05, 0.1) is 12.7 Å². The second-order valence-corrected chi connectivity index (χ2v) is 5.78. The standard InChI is InChI=1S/C19H17F3N2O2/c1-26-16-9-5-2-6-13(16)10-11-17-23-15-8-4-3-7-14(15)18(25)24(17)12-19(20,21)22/h2-11,17,23H,12H2,1H3/b11-10+/t17-/m0/s1. The minimum atomic E-state index is -4.50. The van der Waals surface area contributed by atoms with Gasteiger partial charge in [0, 0.05) is 11.3 Å². The van der Waals surface area contributed by atoms with E-state index in [-0.39, 0.29) is 5.56 Å². The molecule has 3 rings (SSSR count). The summed E-state index contributed by atoms with van der Waals surface area (Å²) in [5.41, 5.74) is 1.43. The number of anilines is 1. The van der Waals surface area contributed by atoms with Gasteiger partial charge in [-0.25, -0.2) is 0 Å². The van der Waals surface area contributed by atoms with E-state index in [9.17, 15) is 18.0 Å². The number of carbonyl (C=O) groups is 1. The van der Waals surface area contributed by atoms with Gasteiger partial charge in [-0.15, -0.1) is 0 Å². The number of amides is 1. The summed E-state index contributed by atoms with van der Waals surface area (Å²) in [5.74, 6) is -0.0694. The van der Waals surface area contributed by atoms with Gasteiger partial charge in [0.25, 0.3) is 5.91 Å². The lowest BCUT2D eigenvalue weighted by atomic mass is 10.1. The zero-order chi connectivity index (χ0) is 18.7. The third-order valence-corrected chi connectivity index (χ3v) is 4.00. The topological polar surface area (TPSA) is 41.6 Å². The van der Waals surface area contributed by atoms with Gasteiger partial charge in [0.2, 0.25) is 0 Å². The second kappa shape index (κ2) is 7.11. The van der Waals surface area contributed by atoms with Gasteiger partial charge in [-0.3, -0.25) is 4.79 Å². The number of hydrogen-bond acceptors (Lipinski definition) is 3. The number of fused-ring (bicyclic) bond motifs is 1. The molecule has 1 heterocycles. The Bertz CT molecular complexity index is 834. The highest BCUT2D eigenvalue weighted by atomic mass is 19.4. The first-order chi connectivity index (χ1) is 12.4. The molecule has 1 aliphatic heterocycles. The second-order valence-electron chi connectivity index (χ2n) is 5.78. The molecular weight excluding hydrogens is 345 g/mol. The molecule has 0 saturated carbocycles. The third kappa shape index (κ3) is 3.82. The van der Waals surface area contributed by atoms with E-state index in [1.807, 2.05) is 0 Å². The minimum Gasteiger partial charge on any atom is -0.496 e. The van der Waals surface area contributed by atoms with Crippen LogP contribution in [0, 0.1) is 0 Å². The predicted octanol–water partition coefficient (Wildman–Crippen LogP) is 4.16. The summed E-state index contributed by atoms with van der Waals surface area (Å²) in [6.45, 7) is -1.34. The van der Waals surface area contributed by atoms with E-state index in [4.69, 9.17) is 4.74 Å². The van der Waals surface area contributed by atoms with Gasteiger partial charge in [-0.05, 0) is 24.3 Å². The van der Waals surface area contributed by atoms with Crippen LogP contribution in [0.25, 0.3) is 6.08 Å². The number of methoxy groups -OCH3 is 1. The maximum Gasteiger partial charge on any atom is 0.406 e. The lowest BCUT2D eigenvalue weighted by molar-refractivity contribution is -0.142. The van der Waals surface area contributed by atoms with Crippen molar-refractivity contribution in [2.24, 2.45) is 0 Å². The molecular formula is C19H17F3N2O2. The first-order valence-electron chi connectivity index (χ1n) is 7.93. The number of ether oxygens (including phenoxy) is 1. The third-order valence-electron chi connectivity index (χ3n) is 4.00. The Labute approximate surface area is 148 Å². The zero-order valence-electron chi connectivity index (χ0n) is 14.0. The van der Waals surface area contributed by atoms with E-state index < -0.39 is 24.8 Å². The SMILES string of the molecule is COc1ccccc1/C=C/[C@H]1Nc2ccccc2C(=O)N1CC(F)(F)F. The highest BCUT2D eigenvalue weighted by molar-refractivity contribution is 6.02. The molecule has 0 aliphatic carbocycles. The summed E-state index contributed by atoms with van der Waals surface area (Å²) in [4.78, 5) is 13.3. The van der Waals surface area contributed by atoms with E-state index in [1.165, 1.54) is 19.3 Å². The molecule has 1 N–H and O–H groups in total. The van der Waals surface area contributed by atoms with Crippen molar-refractivity contribution < 1.29 is 22.7 Å². The van der Waals surface area contributed by atoms with Crippen molar-refractivity contribution in [2.75, 3.05) is 19.0 Å². The first kappa shape index (κ1) is 17.8. The van der Waals surface area contributed by atoms with Crippen molar-refractivity contribution in [1.29, 1.82) is 0 Å². The molecule has 2 aromatic rings. The highest BCUT2D eigenvalue weighted by Gasteiger charge is 2.39. The van der Waals surface area contributed by atoms with Crippen molar-refractivity contribution in [3.63, 3.8) is 0 Å². The van der Waals surface area contributed by atoms with E-state index in [0.717, 1.165) is 4.90 Å². The van der Waals surface area contributed by atoms with Crippen molar-refractivity contribution in [2.45, 2.75) is 12.3 Å². The van der Waals surface area contributed by atoms with Crippen LogP contribution in [-0.2, 0) is 0 Å². The Kier molecular flexibility index (Phi) is 4.88. The van der Waals surface area contributed by atoms with E-state index >= 15 is 0 Å². The Balaban J connectivity index is 1.94. The predicted molar refractivity (Wildman–Crippen MR) is 93.0 cm³/mol. The van der Waals surface area contributed by atoms with Crippen LogP contribution in [0.1, 0.15) is 15.9 Å². The summed E-state index contributed by atoms with van der Waals surface area (Å²) in [6, 6.07) is 13.6. The molecule has 0 bridgehead atoms. The average Bonchev–Trinajstić information content (AvgIpc) is 2.62. The van der Waals surface area contributed by atoms with Crippen LogP contribution >= 0.6 is 0 Å². The molecule has 0 saturated heterocycles.